The first kappa shape index (κ1) is 10.1. The first-order chi connectivity index (χ1) is 6.13. The minimum absolute atomic E-state index is 0.721. The topological polar surface area (TPSA) is 9.23 Å². The third kappa shape index (κ3) is 2.74. The molecule has 1 nitrogen and oxygen atoms in total. The maximum atomic E-state index is 5.48. The van der Waals surface area contributed by atoms with Gasteiger partial charge in [0.2, 0.25) is 0 Å². The summed E-state index contributed by atoms with van der Waals surface area (Å²) in [6.07, 6.45) is 1.96. The fraction of sp³-hybridized carbons (Fsp3) is 0.273. The normalized spacial score (nSPS) is 11.5. The van der Waals surface area contributed by atoms with Gasteiger partial charge in [-0.1, -0.05) is 6.58 Å². The highest BCUT2D eigenvalue weighted by atomic mass is 32.1. The van der Waals surface area contributed by atoms with Crippen molar-refractivity contribution in [1.29, 1.82) is 0 Å². The second-order valence-corrected chi connectivity index (χ2v) is 4.16. The summed E-state index contributed by atoms with van der Waals surface area (Å²) >= 11 is 1.73. The van der Waals surface area contributed by atoms with E-state index in [-0.39, 0.29) is 0 Å². The predicted octanol–water partition coefficient (Wildman–Crippen LogP) is 3.97. The molecule has 13 heavy (non-hydrogen) atoms. The van der Waals surface area contributed by atoms with Crippen LogP contribution < -0.4 is 0 Å². The number of allylic oxidation sites excluding steroid dienone is 2. The summed E-state index contributed by atoms with van der Waals surface area (Å²) in [5, 5.41) is 0. The quantitative estimate of drug-likeness (QED) is 0.662. The van der Waals surface area contributed by atoms with Crippen molar-refractivity contribution >= 4 is 17.1 Å². The lowest BCUT2D eigenvalue weighted by molar-refractivity contribution is 0.388. The van der Waals surface area contributed by atoms with Crippen molar-refractivity contribution in [2.45, 2.75) is 20.8 Å². The van der Waals surface area contributed by atoms with Gasteiger partial charge in [0.05, 0.1) is 10.6 Å². The van der Waals surface area contributed by atoms with E-state index in [1.807, 2.05) is 19.9 Å². The molecule has 1 rings (SSSR count). The van der Waals surface area contributed by atoms with E-state index in [4.69, 9.17) is 4.74 Å². The molecule has 70 valence electrons. The van der Waals surface area contributed by atoms with Crippen molar-refractivity contribution in [3.05, 3.63) is 40.3 Å². The fourth-order valence-electron chi connectivity index (χ4n) is 1.01. The minimum Gasteiger partial charge on any atom is -0.462 e. The van der Waals surface area contributed by atoms with Crippen LogP contribution in [0.1, 0.15) is 23.6 Å². The number of hydrogen-bond donors (Lipinski definition) is 0. The summed E-state index contributed by atoms with van der Waals surface area (Å²) in [6, 6.07) is 4.16. The average molecular weight is 194 g/mol. The van der Waals surface area contributed by atoms with Crippen LogP contribution in [-0.2, 0) is 4.74 Å². The van der Waals surface area contributed by atoms with E-state index >= 15 is 0 Å². The zero-order valence-electron chi connectivity index (χ0n) is 8.26. The standard InChI is InChI=1S/C11H14OS/c1-5-10(12-8(2)3)11-7-6-9(4)13-11/h5-7H,2H2,1,3-4H3. The molecule has 0 aliphatic rings. The van der Waals surface area contributed by atoms with Gasteiger partial charge in [-0.3, -0.25) is 0 Å². The SMILES string of the molecule is C=C(C)OC(=CC)c1ccc(C)s1. The van der Waals surface area contributed by atoms with Crippen molar-refractivity contribution in [1.82, 2.24) is 0 Å². The van der Waals surface area contributed by atoms with Crippen LogP contribution in [0.25, 0.3) is 5.76 Å². The minimum atomic E-state index is 0.721. The molecule has 0 atom stereocenters. The average Bonchev–Trinajstić information content (AvgIpc) is 2.47. The molecular formula is C11H14OS. The van der Waals surface area contributed by atoms with E-state index in [0.29, 0.717) is 0 Å². The first-order valence-corrected chi connectivity index (χ1v) is 5.01. The molecule has 0 N–H and O–H groups in total. The summed E-state index contributed by atoms with van der Waals surface area (Å²) in [5.74, 6) is 1.62. The molecule has 0 fully saturated rings. The number of hydrogen-bond acceptors (Lipinski definition) is 2. The molecule has 0 saturated carbocycles. The van der Waals surface area contributed by atoms with Crippen LogP contribution in [0, 0.1) is 6.92 Å². The van der Waals surface area contributed by atoms with E-state index in [1.54, 1.807) is 11.3 Å². The van der Waals surface area contributed by atoms with Crippen LogP contribution in [0.4, 0.5) is 0 Å². The summed E-state index contributed by atoms with van der Waals surface area (Å²) in [4.78, 5) is 2.45. The van der Waals surface area contributed by atoms with Crippen molar-refractivity contribution < 1.29 is 4.74 Å². The molecule has 0 bridgehead atoms. The molecule has 0 unspecified atom stereocenters. The van der Waals surface area contributed by atoms with Crippen LogP contribution >= 0.6 is 11.3 Å². The van der Waals surface area contributed by atoms with Crippen molar-refractivity contribution in [2.24, 2.45) is 0 Å². The molecule has 0 saturated heterocycles. The van der Waals surface area contributed by atoms with Crippen LogP contribution in [0.5, 0.6) is 0 Å². The Morgan fingerprint density at radius 2 is 2.23 bits per heavy atom. The summed E-state index contributed by atoms with van der Waals surface area (Å²) < 4.78 is 5.48. The second-order valence-electron chi connectivity index (χ2n) is 2.87. The highest BCUT2D eigenvalue weighted by molar-refractivity contribution is 7.13. The van der Waals surface area contributed by atoms with E-state index in [0.717, 1.165) is 16.4 Å². The molecule has 1 aromatic rings. The Labute approximate surface area is 83.4 Å². The maximum absolute atomic E-state index is 5.48. The van der Waals surface area contributed by atoms with Crippen LogP contribution in [0.15, 0.2) is 30.5 Å². The fourth-order valence-corrected chi connectivity index (χ4v) is 1.89. The van der Waals surface area contributed by atoms with Gasteiger partial charge in [0.1, 0.15) is 5.76 Å². The van der Waals surface area contributed by atoms with Crippen molar-refractivity contribution in [3.63, 3.8) is 0 Å². The highest BCUT2D eigenvalue weighted by Crippen LogP contribution is 2.25. The highest BCUT2D eigenvalue weighted by Gasteiger charge is 2.04. The Balaban J connectivity index is 2.85. The molecule has 1 aromatic heterocycles. The van der Waals surface area contributed by atoms with Crippen LogP contribution in [0.2, 0.25) is 0 Å². The molecule has 0 radical (unpaired) electrons. The van der Waals surface area contributed by atoms with Gasteiger partial charge in [0, 0.05) is 4.88 Å². The molecule has 0 spiro atoms. The maximum Gasteiger partial charge on any atom is 0.139 e. The molecular weight excluding hydrogens is 180 g/mol. The van der Waals surface area contributed by atoms with Gasteiger partial charge in [0.25, 0.3) is 0 Å². The Morgan fingerprint density at radius 3 is 2.62 bits per heavy atom. The largest absolute Gasteiger partial charge is 0.462 e. The smallest absolute Gasteiger partial charge is 0.139 e. The van der Waals surface area contributed by atoms with Gasteiger partial charge in [-0.2, -0.15) is 0 Å². The lowest BCUT2D eigenvalue weighted by Crippen LogP contribution is -1.85. The van der Waals surface area contributed by atoms with Gasteiger partial charge in [0.15, 0.2) is 0 Å². The molecule has 2 heteroatoms. The number of rotatable bonds is 3. The lowest BCUT2D eigenvalue weighted by Gasteiger charge is -2.06. The first-order valence-electron chi connectivity index (χ1n) is 4.20. The Morgan fingerprint density at radius 1 is 1.54 bits per heavy atom. The molecule has 0 aromatic carbocycles. The molecule has 0 aliphatic carbocycles. The van der Waals surface area contributed by atoms with Crippen LogP contribution in [-0.4, -0.2) is 0 Å². The van der Waals surface area contributed by atoms with Crippen LogP contribution in [0.3, 0.4) is 0 Å². The Kier molecular flexibility index (Phi) is 3.32. The summed E-state index contributed by atoms with van der Waals surface area (Å²) in [7, 11) is 0. The van der Waals surface area contributed by atoms with E-state index in [9.17, 15) is 0 Å². The van der Waals surface area contributed by atoms with E-state index in [1.165, 1.54) is 4.88 Å². The van der Waals surface area contributed by atoms with Gasteiger partial charge in [-0.25, -0.2) is 0 Å². The van der Waals surface area contributed by atoms with E-state index < -0.39 is 0 Å². The second kappa shape index (κ2) is 4.28. The number of ether oxygens (including phenoxy) is 1. The zero-order valence-corrected chi connectivity index (χ0v) is 9.07. The zero-order chi connectivity index (χ0) is 9.84. The van der Waals surface area contributed by atoms with Gasteiger partial charge in [-0.05, 0) is 39.0 Å². The van der Waals surface area contributed by atoms with Gasteiger partial charge in [-0.15, -0.1) is 11.3 Å². The summed E-state index contributed by atoms with van der Waals surface area (Å²) in [5.41, 5.74) is 0. The van der Waals surface area contributed by atoms with E-state index in [2.05, 4.69) is 25.6 Å². The van der Waals surface area contributed by atoms with Crippen molar-refractivity contribution in [3.8, 4) is 0 Å². The van der Waals surface area contributed by atoms with Crippen molar-refractivity contribution in [2.75, 3.05) is 0 Å². The third-order valence-corrected chi connectivity index (χ3v) is 2.54. The Hall–Kier alpha value is -1.02. The summed E-state index contributed by atoms with van der Waals surface area (Å²) in [6.45, 7) is 9.62. The van der Waals surface area contributed by atoms with Gasteiger partial charge < -0.3 is 4.74 Å². The predicted molar refractivity (Wildman–Crippen MR) is 58.6 cm³/mol. The number of thiophene rings is 1. The molecule has 0 aliphatic heterocycles. The Bertz CT molecular complexity index is 334. The lowest BCUT2D eigenvalue weighted by atomic mass is 10.3. The monoisotopic (exact) mass is 194 g/mol. The van der Waals surface area contributed by atoms with Gasteiger partial charge >= 0.3 is 0 Å². The molecule has 0 amide bonds. The molecule has 1 heterocycles. The third-order valence-electron chi connectivity index (χ3n) is 1.53. The number of aryl methyl sites for hydroxylation is 1.